The van der Waals surface area contributed by atoms with Crippen molar-refractivity contribution in [3.63, 3.8) is 0 Å². The summed E-state index contributed by atoms with van der Waals surface area (Å²) in [7, 11) is 0. The summed E-state index contributed by atoms with van der Waals surface area (Å²) in [5.74, 6) is -0.538. The lowest BCUT2D eigenvalue weighted by molar-refractivity contribution is -0.145. The first kappa shape index (κ1) is 21.4. The van der Waals surface area contributed by atoms with E-state index in [9.17, 15) is 14.7 Å². The highest BCUT2D eigenvalue weighted by molar-refractivity contribution is 5.93. The molecule has 2 amide bonds. The van der Waals surface area contributed by atoms with Gasteiger partial charge in [0.25, 0.3) is 0 Å². The average molecular weight is 425 g/mol. The molecule has 1 aliphatic carbocycles. The van der Waals surface area contributed by atoms with Crippen LogP contribution in [0.5, 0.6) is 0 Å². The monoisotopic (exact) mass is 424 g/mol. The van der Waals surface area contributed by atoms with Crippen molar-refractivity contribution < 1.29 is 19.4 Å². The maximum atomic E-state index is 12.9. The summed E-state index contributed by atoms with van der Waals surface area (Å²) in [4.78, 5) is 35.0. The van der Waals surface area contributed by atoms with E-state index in [1.54, 1.807) is 41.6 Å². The fourth-order valence-corrected chi connectivity index (χ4v) is 4.42. The standard InChI is InChI=1S/C23H28N4O4/c24-22(29)17-6-4-16(5-7-17)20-21(26-11-10-25-20)18-15-27(12-13-31-18)19(28)14-23(30)8-2-1-3-9-23/h4-7,10-11,18,30H,1-3,8-9,12-15H2,(H2,24,29)/t18-/m1/s1. The van der Waals surface area contributed by atoms with E-state index in [0.29, 0.717) is 49.5 Å². The fraction of sp³-hybridized carbons (Fsp3) is 0.478. The molecule has 1 saturated heterocycles. The van der Waals surface area contributed by atoms with Crippen LogP contribution in [0.4, 0.5) is 0 Å². The molecule has 0 spiro atoms. The van der Waals surface area contributed by atoms with Crippen LogP contribution in [-0.2, 0) is 9.53 Å². The SMILES string of the molecule is NC(=O)c1ccc(-c2nccnc2[C@H]2CN(C(=O)CC3(O)CCCCC3)CCO2)cc1. The predicted molar refractivity (Wildman–Crippen MR) is 114 cm³/mol. The molecule has 8 nitrogen and oxygen atoms in total. The Morgan fingerprint density at radius 3 is 2.55 bits per heavy atom. The summed E-state index contributed by atoms with van der Waals surface area (Å²) in [6.07, 6.45) is 7.35. The molecule has 1 saturated carbocycles. The number of carbonyl (C=O) groups excluding carboxylic acids is 2. The van der Waals surface area contributed by atoms with Crippen molar-refractivity contribution in [1.29, 1.82) is 0 Å². The molecule has 3 N–H and O–H groups in total. The van der Waals surface area contributed by atoms with Crippen LogP contribution in [0.1, 0.15) is 60.7 Å². The van der Waals surface area contributed by atoms with Gasteiger partial charge in [-0.25, -0.2) is 0 Å². The molecule has 0 bridgehead atoms. The minimum absolute atomic E-state index is 0.0473. The zero-order valence-electron chi connectivity index (χ0n) is 17.5. The number of rotatable bonds is 5. The van der Waals surface area contributed by atoms with Gasteiger partial charge in [0, 0.05) is 30.1 Å². The van der Waals surface area contributed by atoms with E-state index in [1.165, 1.54) is 0 Å². The molecular formula is C23H28N4O4. The number of aliphatic hydroxyl groups is 1. The van der Waals surface area contributed by atoms with Crippen molar-refractivity contribution in [2.75, 3.05) is 19.7 Å². The first-order chi connectivity index (χ1) is 15.0. The number of aromatic nitrogens is 2. The van der Waals surface area contributed by atoms with E-state index in [1.807, 2.05) is 0 Å². The van der Waals surface area contributed by atoms with E-state index in [2.05, 4.69) is 9.97 Å². The Morgan fingerprint density at radius 2 is 1.84 bits per heavy atom. The summed E-state index contributed by atoms with van der Waals surface area (Å²) in [5.41, 5.74) is 6.93. The van der Waals surface area contributed by atoms with Gasteiger partial charge in [-0.3, -0.25) is 19.6 Å². The molecule has 2 fully saturated rings. The number of nitrogens with zero attached hydrogens (tertiary/aromatic N) is 3. The number of primary amides is 1. The van der Waals surface area contributed by atoms with Crippen LogP contribution < -0.4 is 5.73 Å². The number of carbonyl (C=O) groups is 2. The van der Waals surface area contributed by atoms with Crippen LogP contribution >= 0.6 is 0 Å². The Morgan fingerprint density at radius 1 is 1.13 bits per heavy atom. The Hall–Kier alpha value is -2.84. The number of benzene rings is 1. The number of ether oxygens (including phenoxy) is 1. The van der Waals surface area contributed by atoms with Crippen molar-refractivity contribution in [3.05, 3.63) is 47.9 Å². The summed E-state index contributed by atoms with van der Waals surface area (Å²) in [6, 6.07) is 6.85. The minimum atomic E-state index is -0.886. The Kier molecular flexibility index (Phi) is 6.29. The predicted octanol–water partition coefficient (Wildman–Crippen LogP) is 2.23. The summed E-state index contributed by atoms with van der Waals surface area (Å²) in [6.45, 7) is 1.25. The maximum absolute atomic E-state index is 12.9. The zero-order valence-corrected chi connectivity index (χ0v) is 17.5. The number of amides is 2. The van der Waals surface area contributed by atoms with Gasteiger partial charge in [-0.05, 0) is 25.0 Å². The molecule has 8 heteroatoms. The quantitative estimate of drug-likeness (QED) is 0.760. The van der Waals surface area contributed by atoms with Gasteiger partial charge in [0.1, 0.15) is 6.10 Å². The molecule has 0 radical (unpaired) electrons. The normalized spacial score (nSPS) is 20.9. The highest BCUT2D eigenvalue weighted by atomic mass is 16.5. The van der Waals surface area contributed by atoms with E-state index >= 15 is 0 Å². The first-order valence-corrected chi connectivity index (χ1v) is 10.8. The van der Waals surface area contributed by atoms with Crippen LogP contribution in [0.2, 0.25) is 0 Å². The van der Waals surface area contributed by atoms with Gasteiger partial charge >= 0.3 is 0 Å². The number of hydrogen-bond acceptors (Lipinski definition) is 6. The van der Waals surface area contributed by atoms with Crippen molar-refractivity contribution in [2.24, 2.45) is 5.73 Å². The van der Waals surface area contributed by atoms with Gasteiger partial charge in [-0.2, -0.15) is 0 Å². The molecule has 2 aromatic rings. The van der Waals surface area contributed by atoms with Gasteiger partial charge in [0.2, 0.25) is 11.8 Å². The maximum Gasteiger partial charge on any atom is 0.248 e. The molecule has 1 atom stereocenters. The lowest BCUT2D eigenvalue weighted by Crippen LogP contribution is -2.46. The third-order valence-corrected chi connectivity index (χ3v) is 6.16. The number of hydrogen-bond donors (Lipinski definition) is 2. The number of nitrogens with two attached hydrogens (primary N) is 1. The molecule has 31 heavy (non-hydrogen) atoms. The van der Waals surface area contributed by atoms with E-state index < -0.39 is 17.6 Å². The Bertz CT molecular complexity index is 941. The lowest BCUT2D eigenvalue weighted by atomic mass is 9.82. The summed E-state index contributed by atoms with van der Waals surface area (Å²) < 4.78 is 5.95. The van der Waals surface area contributed by atoms with Crippen LogP contribution in [0.15, 0.2) is 36.7 Å². The van der Waals surface area contributed by atoms with Crippen LogP contribution in [0.3, 0.4) is 0 Å². The molecule has 1 aliphatic heterocycles. The fourth-order valence-electron chi connectivity index (χ4n) is 4.42. The number of morpholine rings is 1. The molecule has 164 valence electrons. The van der Waals surface area contributed by atoms with E-state index in [4.69, 9.17) is 10.5 Å². The molecule has 2 aliphatic rings. The van der Waals surface area contributed by atoms with Crippen molar-refractivity contribution in [1.82, 2.24) is 14.9 Å². The average Bonchev–Trinajstić information content (AvgIpc) is 2.79. The minimum Gasteiger partial charge on any atom is -0.389 e. The second-order valence-corrected chi connectivity index (χ2v) is 8.39. The highest BCUT2D eigenvalue weighted by Crippen LogP contribution is 2.33. The van der Waals surface area contributed by atoms with Gasteiger partial charge in [-0.1, -0.05) is 31.4 Å². The third-order valence-electron chi connectivity index (χ3n) is 6.16. The Labute approximate surface area is 181 Å². The van der Waals surface area contributed by atoms with Gasteiger partial charge < -0.3 is 20.5 Å². The molecule has 1 aromatic carbocycles. The van der Waals surface area contributed by atoms with Crippen molar-refractivity contribution in [3.8, 4) is 11.3 Å². The zero-order chi connectivity index (χ0) is 21.8. The van der Waals surface area contributed by atoms with Crippen LogP contribution in [0.25, 0.3) is 11.3 Å². The lowest BCUT2D eigenvalue weighted by Gasteiger charge is -2.37. The summed E-state index contributed by atoms with van der Waals surface area (Å²) in [5, 5.41) is 10.8. The molecule has 0 unspecified atom stereocenters. The second-order valence-electron chi connectivity index (χ2n) is 8.39. The van der Waals surface area contributed by atoms with Gasteiger partial charge in [-0.15, -0.1) is 0 Å². The van der Waals surface area contributed by atoms with Crippen LogP contribution in [-0.4, -0.2) is 57.1 Å². The smallest absolute Gasteiger partial charge is 0.248 e. The third kappa shape index (κ3) is 4.91. The molecule has 2 heterocycles. The van der Waals surface area contributed by atoms with Gasteiger partial charge in [0.05, 0.1) is 36.6 Å². The molecule has 4 rings (SSSR count). The topological polar surface area (TPSA) is 119 Å². The largest absolute Gasteiger partial charge is 0.389 e. The van der Waals surface area contributed by atoms with Crippen molar-refractivity contribution >= 4 is 11.8 Å². The molecule has 1 aromatic heterocycles. The first-order valence-electron chi connectivity index (χ1n) is 10.8. The Balaban J connectivity index is 1.51. The molecular weight excluding hydrogens is 396 g/mol. The van der Waals surface area contributed by atoms with E-state index in [0.717, 1.165) is 24.8 Å². The van der Waals surface area contributed by atoms with Gasteiger partial charge in [0.15, 0.2) is 0 Å². The van der Waals surface area contributed by atoms with Crippen molar-refractivity contribution in [2.45, 2.75) is 50.2 Å². The highest BCUT2D eigenvalue weighted by Gasteiger charge is 2.35. The van der Waals surface area contributed by atoms with Crippen LogP contribution in [0, 0.1) is 0 Å². The van der Waals surface area contributed by atoms with E-state index in [-0.39, 0.29) is 12.3 Å². The second kappa shape index (κ2) is 9.11. The summed E-state index contributed by atoms with van der Waals surface area (Å²) >= 11 is 0.